The molecule has 21 heavy (non-hydrogen) atoms. The third kappa shape index (κ3) is 3.79. The first-order valence-electron chi connectivity index (χ1n) is 6.91. The Morgan fingerprint density at radius 3 is 2.76 bits per heavy atom. The highest BCUT2D eigenvalue weighted by Crippen LogP contribution is 2.18. The molecule has 1 saturated heterocycles. The van der Waals surface area contributed by atoms with Gasteiger partial charge in [0.25, 0.3) is 0 Å². The zero-order valence-electron chi connectivity index (χ0n) is 12.3. The fourth-order valence-corrected chi connectivity index (χ4v) is 4.05. The molecule has 3 N–H and O–H groups in total. The number of likely N-dealkylation sites (N-methyl/N-ethyl adjacent to an activating group) is 1. The van der Waals surface area contributed by atoms with Crippen molar-refractivity contribution >= 4 is 27.2 Å². The van der Waals surface area contributed by atoms with Crippen molar-refractivity contribution in [2.24, 2.45) is 5.73 Å². The number of rotatable bonds is 5. The second kappa shape index (κ2) is 6.39. The van der Waals surface area contributed by atoms with Gasteiger partial charge in [0, 0.05) is 18.2 Å². The second-order valence-corrected chi connectivity index (χ2v) is 7.65. The van der Waals surface area contributed by atoms with Crippen LogP contribution in [0.3, 0.4) is 0 Å². The van der Waals surface area contributed by atoms with Crippen LogP contribution in [0, 0.1) is 6.92 Å². The molecule has 1 aliphatic heterocycles. The Labute approximate surface area is 131 Å². The number of likely N-dealkylation sites (tertiary alicyclic amines) is 1. The van der Waals surface area contributed by atoms with Crippen molar-refractivity contribution in [1.29, 1.82) is 0 Å². The standard InChI is InChI=1S/C14H21N3O2S2/c1-10-8-11(14(15)20)5-6-13(10)21(18,19)16-9-12-4-3-7-17(12)2/h5-6,8,12,16H,3-4,7,9H2,1-2H3,(H2,15,20). The number of nitrogens with zero attached hydrogens (tertiary/aromatic N) is 1. The summed E-state index contributed by atoms with van der Waals surface area (Å²) in [6.07, 6.45) is 2.14. The number of hydrogen-bond donors (Lipinski definition) is 2. The highest BCUT2D eigenvalue weighted by molar-refractivity contribution is 7.89. The van der Waals surface area contributed by atoms with Gasteiger partial charge in [0.05, 0.1) is 4.90 Å². The number of thiocarbonyl (C=S) groups is 1. The van der Waals surface area contributed by atoms with E-state index in [9.17, 15) is 8.42 Å². The molecule has 0 aromatic heterocycles. The minimum absolute atomic E-state index is 0.266. The Kier molecular flexibility index (Phi) is 4.98. The van der Waals surface area contributed by atoms with Gasteiger partial charge in [-0.15, -0.1) is 0 Å². The van der Waals surface area contributed by atoms with Gasteiger partial charge in [0.15, 0.2) is 0 Å². The van der Waals surface area contributed by atoms with Crippen LogP contribution in [-0.4, -0.2) is 44.5 Å². The first kappa shape index (κ1) is 16.4. The van der Waals surface area contributed by atoms with Crippen molar-refractivity contribution < 1.29 is 8.42 Å². The SMILES string of the molecule is Cc1cc(C(N)=S)ccc1S(=O)(=O)NCC1CCCN1C. The highest BCUT2D eigenvalue weighted by Gasteiger charge is 2.24. The van der Waals surface area contributed by atoms with Crippen LogP contribution in [0.4, 0.5) is 0 Å². The van der Waals surface area contributed by atoms with E-state index in [0.29, 0.717) is 17.7 Å². The number of nitrogens with two attached hydrogens (primary N) is 1. The highest BCUT2D eigenvalue weighted by atomic mass is 32.2. The molecule has 116 valence electrons. The molecule has 0 spiro atoms. The molecule has 0 bridgehead atoms. The molecule has 1 aromatic rings. The largest absolute Gasteiger partial charge is 0.389 e. The first-order valence-corrected chi connectivity index (χ1v) is 8.81. The summed E-state index contributed by atoms with van der Waals surface area (Å²) in [7, 11) is -1.48. The predicted octanol–water partition coefficient (Wildman–Crippen LogP) is 1.00. The fourth-order valence-electron chi connectivity index (χ4n) is 2.63. The van der Waals surface area contributed by atoms with Crippen LogP contribution in [0.25, 0.3) is 0 Å². The van der Waals surface area contributed by atoms with E-state index in [1.54, 1.807) is 25.1 Å². The molecule has 1 atom stereocenters. The number of nitrogens with one attached hydrogen (secondary N) is 1. The van der Waals surface area contributed by atoms with Crippen molar-refractivity contribution in [1.82, 2.24) is 9.62 Å². The van der Waals surface area contributed by atoms with E-state index in [4.69, 9.17) is 18.0 Å². The maximum atomic E-state index is 12.4. The molecule has 1 aromatic carbocycles. The zero-order chi connectivity index (χ0) is 15.6. The predicted molar refractivity (Wildman–Crippen MR) is 87.9 cm³/mol. The van der Waals surface area contributed by atoms with Gasteiger partial charge >= 0.3 is 0 Å². The van der Waals surface area contributed by atoms with Crippen LogP contribution in [0.5, 0.6) is 0 Å². The lowest BCUT2D eigenvalue weighted by molar-refractivity contribution is 0.311. The van der Waals surface area contributed by atoms with Crippen molar-refractivity contribution in [2.45, 2.75) is 30.7 Å². The maximum Gasteiger partial charge on any atom is 0.240 e. The van der Waals surface area contributed by atoms with Gasteiger partial charge in [-0.05, 0) is 51.1 Å². The van der Waals surface area contributed by atoms with Crippen LogP contribution in [0.2, 0.25) is 0 Å². The Bertz CT molecular complexity index is 644. The zero-order valence-corrected chi connectivity index (χ0v) is 13.9. The van der Waals surface area contributed by atoms with Gasteiger partial charge in [0.1, 0.15) is 4.99 Å². The molecular weight excluding hydrogens is 306 g/mol. The molecule has 1 aliphatic rings. The van der Waals surface area contributed by atoms with E-state index in [-0.39, 0.29) is 15.9 Å². The topological polar surface area (TPSA) is 75.4 Å². The van der Waals surface area contributed by atoms with E-state index < -0.39 is 10.0 Å². The molecule has 1 unspecified atom stereocenters. The van der Waals surface area contributed by atoms with Crippen LogP contribution in [-0.2, 0) is 10.0 Å². The number of benzene rings is 1. The van der Waals surface area contributed by atoms with Crippen LogP contribution in [0.15, 0.2) is 23.1 Å². The van der Waals surface area contributed by atoms with E-state index in [2.05, 4.69) is 9.62 Å². The quantitative estimate of drug-likeness (QED) is 0.789. The molecule has 0 amide bonds. The van der Waals surface area contributed by atoms with Gasteiger partial charge in [-0.2, -0.15) is 0 Å². The van der Waals surface area contributed by atoms with Crippen LogP contribution in [0.1, 0.15) is 24.0 Å². The summed E-state index contributed by atoms with van der Waals surface area (Å²) in [4.78, 5) is 2.73. The van der Waals surface area contributed by atoms with Crippen molar-refractivity contribution in [3.8, 4) is 0 Å². The minimum atomic E-state index is -3.51. The lowest BCUT2D eigenvalue weighted by Gasteiger charge is -2.20. The minimum Gasteiger partial charge on any atom is -0.389 e. The Hall–Kier alpha value is -1.02. The molecule has 1 fully saturated rings. The van der Waals surface area contributed by atoms with Gasteiger partial charge in [-0.1, -0.05) is 18.3 Å². The summed E-state index contributed by atoms with van der Waals surface area (Å²) in [5.74, 6) is 0. The summed E-state index contributed by atoms with van der Waals surface area (Å²) >= 11 is 4.90. The van der Waals surface area contributed by atoms with Gasteiger partial charge < -0.3 is 10.6 Å². The summed E-state index contributed by atoms with van der Waals surface area (Å²) in [6, 6.07) is 5.19. The molecule has 2 rings (SSSR count). The van der Waals surface area contributed by atoms with E-state index in [0.717, 1.165) is 19.4 Å². The third-order valence-electron chi connectivity index (χ3n) is 3.93. The first-order chi connectivity index (χ1) is 9.81. The molecular formula is C14H21N3O2S2. The average molecular weight is 327 g/mol. The summed E-state index contributed by atoms with van der Waals surface area (Å²) in [5, 5.41) is 0. The second-order valence-electron chi connectivity index (χ2n) is 5.47. The molecule has 5 nitrogen and oxygen atoms in total. The molecule has 0 saturated carbocycles. The van der Waals surface area contributed by atoms with Crippen molar-refractivity contribution in [3.05, 3.63) is 29.3 Å². The van der Waals surface area contributed by atoms with E-state index >= 15 is 0 Å². The number of sulfonamides is 1. The van der Waals surface area contributed by atoms with Crippen molar-refractivity contribution in [3.63, 3.8) is 0 Å². The monoisotopic (exact) mass is 327 g/mol. The molecule has 7 heteroatoms. The lowest BCUT2D eigenvalue weighted by atomic mass is 10.1. The maximum absolute atomic E-state index is 12.4. The normalized spacial score (nSPS) is 19.8. The van der Waals surface area contributed by atoms with E-state index in [1.165, 1.54) is 0 Å². The average Bonchev–Trinajstić information content (AvgIpc) is 2.81. The van der Waals surface area contributed by atoms with Crippen LogP contribution >= 0.6 is 12.2 Å². The Morgan fingerprint density at radius 2 is 2.24 bits per heavy atom. The molecule has 0 radical (unpaired) electrons. The number of aryl methyl sites for hydroxylation is 1. The van der Waals surface area contributed by atoms with Gasteiger partial charge in [0.2, 0.25) is 10.0 Å². The summed E-state index contributed by atoms with van der Waals surface area (Å²) in [6.45, 7) is 3.21. The molecule has 0 aliphatic carbocycles. The summed E-state index contributed by atoms with van der Waals surface area (Å²) < 4.78 is 27.5. The smallest absolute Gasteiger partial charge is 0.240 e. The third-order valence-corrected chi connectivity index (χ3v) is 5.75. The summed E-state index contributed by atoms with van der Waals surface area (Å²) in [5.41, 5.74) is 6.88. The fraction of sp³-hybridized carbons (Fsp3) is 0.500. The Balaban J connectivity index is 2.14. The lowest BCUT2D eigenvalue weighted by Crippen LogP contribution is -2.38. The van der Waals surface area contributed by atoms with Crippen molar-refractivity contribution in [2.75, 3.05) is 20.1 Å². The van der Waals surface area contributed by atoms with Crippen LogP contribution < -0.4 is 10.5 Å². The van der Waals surface area contributed by atoms with E-state index in [1.807, 2.05) is 7.05 Å². The molecule has 1 heterocycles. The van der Waals surface area contributed by atoms with Gasteiger partial charge in [-0.3, -0.25) is 0 Å². The Morgan fingerprint density at radius 1 is 1.52 bits per heavy atom. The van der Waals surface area contributed by atoms with Gasteiger partial charge in [-0.25, -0.2) is 13.1 Å². The number of hydrogen-bond acceptors (Lipinski definition) is 4.